The highest BCUT2D eigenvalue weighted by molar-refractivity contribution is 7.92. The van der Waals surface area contributed by atoms with Gasteiger partial charge in [0, 0.05) is 11.1 Å². The van der Waals surface area contributed by atoms with Gasteiger partial charge in [0.05, 0.1) is 17.7 Å². The molecule has 1 N–H and O–H groups in total. The third kappa shape index (κ3) is 6.73. The molecule has 0 radical (unpaired) electrons. The third-order valence-corrected chi connectivity index (χ3v) is 7.21. The van der Waals surface area contributed by atoms with Crippen LogP contribution in [0.5, 0.6) is 5.75 Å². The normalized spacial score (nSPS) is 12.1. The molecule has 174 valence electrons. The van der Waals surface area contributed by atoms with Crippen LogP contribution in [0.1, 0.15) is 18.9 Å². The van der Waals surface area contributed by atoms with Gasteiger partial charge in [-0.25, -0.2) is 8.42 Å². The number of hydrogen-bond acceptors (Lipinski definition) is 4. The summed E-state index contributed by atoms with van der Waals surface area (Å²) in [6.07, 6.45) is 1.55. The molecule has 0 aliphatic rings. The van der Waals surface area contributed by atoms with Crippen LogP contribution in [0.25, 0.3) is 0 Å². The fourth-order valence-electron chi connectivity index (χ4n) is 3.35. The first-order valence-corrected chi connectivity index (χ1v) is 12.4. The van der Waals surface area contributed by atoms with E-state index in [2.05, 4.69) is 5.32 Å². The smallest absolute Gasteiger partial charge is 0.264 e. The second-order valence-corrected chi connectivity index (χ2v) is 9.96. The quantitative estimate of drug-likeness (QED) is 0.451. The molecule has 33 heavy (non-hydrogen) atoms. The van der Waals surface area contributed by atoms with Gasteiger partial charge in [-0.1, -0.05) is 41.9 Å². The molecule has 0 heterocycles. The molecular formula is C25H27ClN2O4S. The lowest BCUT2D eigenvalue weighted by Gasteiger charge is -2.25. The minimum Gasteiger partial charge on any atom is -0.497 e. The van der Waals surface area contributed by atoms with Crippen LogP contribution < -0.4 is 14.4 Å². The van der Waals surface area contributed by atoms with Gasteiger partial charge in [-0.3, -0.25) is 9.10 Å². The molecule has 6 nitrogen and oxygen atoms in total. The number of methoxy groups -OCH3 is 1. The summed E-state index contributed by atoms with van der Waals surface area (Å²) in [6, 6.07) is 22.3. The zero-order chi connectivity index (χ0) is 23.8. The molecule has 0 fully saturated rings. The maximum atomic E-state index is 13.4. The second-order valence-electron chi connectivity index (χ2n) is 7.66. The topological polar surface area (TPSA) is 75.7 Å². The van der Waals surface area contributed by atoms with Crippen LogP contribution in [0.15, 0.2) is 83.8 Å². The molecular weight excluding hydrogens is 460 g/mol. The SMILES string of the molecule is COc1ccc(S(=O)(=O)N(CC(=O)N[C@H](C)CCc2ccccc2)c2ccc(Cl)cc2)cc1. The largest absolute Gasteiger partial charge is 0.497 e. The molecule has 0 saturated heterocycles. The second kappa shape index (κ2) is 11.2. The van der Waals surface area contributed by atoms with Crippen molar-refractivity contribution in [3.05, 3.63) is 89.4 Å². The standard InChI is InChI=1S/C25H27ClN2O4S/c1-19(8-9-20-6-4-3-5-7-20)27-25(29)18-28(22-12-10-21(26)11-13-22)33(30,31)24-16-14-23(32-2)15-17-24/h3-7,10-17,19H,8-9,18H2,1-2H3,(H,27,29)/t19-/m1/s1. The molecule has 0 unspecified atom stereocenters. The van der Waals surface area contributed by atoms with E-state index in [4.69, 9.17) is 16.3 Å². The van der Waals surface area contributed by atoms with E-state index in [1.807, 2.05) is 37.3 Å². The minimum absolute atomic E-state index is 0.0585. The van der Waals surface area contributed by atoms with Crippen LogP contribution in [-0.4, -0.2) is 34.0 Å². The predicted octanol–water partition coefficient (Wildman–Crippen LogP) is 4.68. The van der Waals surface area contributed by atoms with E-state index in [-0.39, 0.29) is 23.4 Å². The fraction of sp³-hybridized carbons (Fsp3) is 0.240. The molecule has 0 spiro atoms. The number of nitrogens with zero attached hydrogens (tertiary/aromatic N) is 1. The lowest BCUT2D eigenvalue weighted by Crippen LogP contribution is -2.43. The number of hydrogen-bond donors (Lipinski definition) is 1. The molecule has 0 saturated carbocycles. The molecule has 0 aromatic heterocycles. The summed E-state index contributed by atoms with van der Waals surface area (Å²) in [4.78, 5) is 12.9. The molecule has 0 bridgehead atoms. The fourth-order valence-corrected chi connectivity index (χ4v) is 4.90. The Labute approximate surface area is 200 Å². The Balaban J connectivity index is 1.76. The van der Waals surface area contributed by atoms with Crippen molar-refractivity contribution >= 4 is 33.2 Å². The van der Waals surface area contributed by atoms with Crippen LogP contribution in [0, 0.1) is 0 Å². The Bertz CT molecular complexity index is 1150. The summed E-state index contributed by atoms with van der Waals surface area (Å²) in [5.41, 5.74) is 1.53. The Hall–Kier alpha value is -3.03. The zero-order valence-corrected chi connectivity index (χ0v) is 20.1. The molecule has 3 rings (SSSR count). The number of ether oxygens (including phenoxy) is 1. The van der Waals surface area contributed by atoms with Crippen LogP contribution >= 0.6 is 11.6 Å². The summed E-state index contributed by atoms with van der Waals surface area (Å²) in [5, 5.41) is 3.38. The van der Waals surface area contributed by atoms with Gasteiger partial charge in [0.1, 0.15) is 12.3 Å². The highest BCUT2D eigenvalue weighted by atomic mass is 35.5. The van der Waals surface area contributed by atoms with Crippen molar-refractivity contribution in [3.8, 4) is 5.75 Å². The van der Waals surface area contributed by atoms with Crippen molar-refractivity contribution in [2.24, 2.45) is 0 Å². The molecule has 3 aromatic rings. The van der Waals surface area contributed by atoms with Gasteiger partial charge in [-0.15, -0.1) is 0 Å². The van der Waals surface area contributed by atoms with Crippen molar-refractivity contribution in [2.45, 2.75) is 30.7 Å². The number of rotatable bonds is 10. The Morgan fingerprint density at radius 3 is 2.24 bits per heavy atom. The number of amides is 1. The summed E-state index contributed by atoms with van der Waals surface area (Å²) in [5.74, 6) is 0.152. The molecule has 0 aliphatic carbocycles. The minimum atomic E-state index is -4.00. The van der Waals surface area contributed by atoms with Crippen LogP contribution in [0.2, 0.25) is 5.02 Å². The van der Waals surface area contributed by atoms with Gasteiger partial charge in [-0.2, -0.15) is 0 Å². The number of carbonyl (C=O) groups is 1. The third-order valence-electron chi connectivity index (χ3n) is 5.17. The number of nitrogens with one attached hydrogen (secondary N) is 1. The van der Waals surface area contributed by atoms with Gasteiger partial charge < -0.3 is 10.1 Å². The average molecular weight is 487 g/mol. The Morgan fingerprint density at radius 2 is 1.64 bits per heavy atom. The zero-order valence-electron chi connectivity index (χ0n) is 18.6. The summed E-state index contributed by atoms with van der Waals surface area (Å²) >= 11 is 5.98. The lowest BCUT2D eigenvalue weighted by molar-refractivity contribution is -0.120. The predicted molar refractivity (Wildman–Crippen MR) is 131 cm³/mol. The van der Waals surface area contributed by atoms with E-state index in [1.165, 1.54) is 24.8 Å². The van der Waals surface area contributed by atoms with Crippen molar-refractivity contribution in [1.82, 2.24) is 5.32 Å². The van der Waals surface area contributed by atoms with Gasteiger partial charge in [0.2, 0.25) is 5.91 Å². The lowest BCUT2D eigenvalue weighted by atomic mass is 10.1. The Kier molecular flexibility index (Phi) is 8.36. The van der Waals surface area contributed by atoms with Crippen LogP contribution in [0.4, 0.5) is 5.69 Å². The Morgan fingerprint density at radius 1 is 1.00 bits per heavy atom. The molecule has 8 heteroatoms. The maximum Gasteiger partial charge on any atom is 0.264 e. The molecule has 0 aliphatic heterocycles. The molecule has 1 amide bonds. The molecule has 3 aromatic carbocycles. The van der Waals surface area contributed by atoms with Crippen LogP contribution in [0.3, 0.4) is 0 Å². The highest BCUT2D eigenvalue weighted by Gasteiger charge is 2.27. The number of benzene rings is 3. The van der Waals surface area contributed by atoms with Gasteiger partial charge in [0.15, 0.2) is 0 Å². The van der Waals surface area contributed by atoms with E-state index >= 15 is 0 Å². The summed E-state index contributed by atoms with van der Waals surface area (Å²) in [6.45, 7) is 1.55. The number of carbonyl (C=O) groups excluding carboxylic acids is 1. The summed E-state index contributed by atoms with van der Waals surface area (Å²) in [7, 11) is -2.50. The number of anilines is 1. The van der Waals surface area contributed by atoms with Gasteiger partial charge in [0.25, 0.3) is 10.0 Å². The highest BCUT2D eigenvalue weighted by Crippen LogP contribution is 2.26. The number of aryl methyl sites for hydroxylation is 1. The van der Waals surface area contributed by atoms with E-state index in [0.29, 0.717) is 16.5 Å². The average Bonchev–Trinajstić information content (AvgIpc) is 2.82. The van der Waals surface area contributed by atoms with E-state index in [9.17, 15) is 13.2 Å². The molecule has 1 atom stereocenters. The van der Waals surface area contributed by atoms with Gasteiger partial charge >= 0.3 is 0 Å². The van der Waals surface area contributed by atoms with Crippen molar-refractivity contribution in [1.29, 1.82) is 0 Å². The maximum absolute atomic E-state index is 13.4. The van der Waals surface area contributed by atoms with E-state index < -0.39 is 10.0 Å². The van der Waals surface area contributed by atoms with E-state index in [1.54, 1.807) is 36.4 Å². The first-order chi connectivity index (χ1) is 15.8. The summed E-state index contributed by atoms with van der Waals surface area (Å²) < 4.78 is 33.0. The first kappa shape index (κ1) is 24.6. The monoisotopic (exact) mass is 486 g/mol. The van der Waals surface area contributed by atoms with Crippen molar-refractivity contribution < 1.29 is 17.9 Å². The van der Waals surface area contributed by atoms with Gasteiger partial charge in [-0.05, 0) is 73.9 Å². The number of halogens is 1. The first-order valence-electron chi connectivity index (χ1n) is 10.6. The van der Waals surface area contributed by atoms with Crippen molar-refractivity contribution in [2.75, 3.05) is 18.0 Å². The van der Waals surface area contributed by atoms with Crippen LogP contribution in [-0.2, 0) is 21.2 Å². The van der Waals surface area contributed by atoms with E-state index in [0.717, 1.165) is 17.1 Å². The van der Waals surface area contributed by atoms with Crippen molar-refractivity contribution in [3.63, 3.8) is 0 Å². The number of sulfonamides is 1.